The summed E-state index contributed by atoms with van der Waals surface area (Å²) in [6.07, 6.45) is 0. The van der Waals surface area contributed by atoms with Crippen LogP contribution in [0, 0.1) is 0 Å². The molecule has 0 atom stereocenters. The first kappa shape index (κ1) is 14.9. The fourth-order valence-corrected chi connectivity index (χ4v) is 3.56. The summed E-state index contributed by atoms with van der Waals surface area (Å²) >= 11 is 7.46. The molecule has 2 heterocycles. The number of hydrogen-bond acceptors (Lipinski definition) is 3. The molecule has 0 unspecified atom stereocenters. The number of nitrogens with one attached hydrogen (secondary N) is 1. The summed E-state index contributed by atoms with van der Waals surface area (Å²) in [6, 6.07) is 11.4. The van der Waals surface area contributed by atoms with Crippen molar-refractivity contribution in [2.24, 2.45) is 7.05 Å². The number of fused-ring (bicyclic) bond motifs is 1. The first-order chi connectivity index (χ1) is 10.6. The molecular weight excluding hydrogens is 320 g/mol. The van der Waals surface area contributed by atoms with E-state index in [0.717, 1.165) is 25.9 Å². The van der Waals surface area contributed by atoms with Gasteiger partial charge >= 0.3 is 0 Å². The van der Waals surface area contributed by atoms with E-state index < -0.39 is 0 Å². The Kier molecular flexibility index (Phi) is 4.09. The third kappa shape index (κ3) is 2.82. The van der Waals surface area contributed by atoms with Crippen molar-refractivity contribution in [2.45, 2.75) is 6.54 Å². The second kappa shape index (κ2) is 6.02. The van der Waals surface area contributed by atoms with Gasteiger partial charge in [-0.25, -0.2) is 0 Å². The van der Waals surface area contributed by atoms with Crippen LogP contribution in [0.1, 0.15) is 16.1 Å². The van der Waals surface area contributed by atoms with Crippen LogP contribution in [-0.4, -0.2) is 17.6 Å². The molecule has 4 nitrogen and oxygen atoms in total. The van der Waals surface area contributed by atoms with Gasteiger partial charge < -0.3 is 14.6 Å². The Labute approximate surface area is 137 Å². The Morgan fingerprint density at radius 3 is 2.91 bits per heavy atom. The van der Waals surface area contributed by atoms with Crippen LogP contribution in [0.25, 0.3) is 10.2 Å². The normalized spacial score (nSPS) is 10.9. The zero-order valence-electron chi connectivity index (χ0n) is 12.2. The van der Waals surface area contributed by atoms with Crippen molar-refractivity contribution in [1.29, 1.82) is 0 Å². The third-order valence-corrected chi connectivity index (χ3v) is 4.72. The van der Waals surface area contributed by atoms with E-state index in [1.54, 1.807) is 7.11 Å². The van der Waals surface area contributed by atoms with E-state index >= 15 is 0 Å². The van der Waals surface area contributed by atoms with E-state index in [0.29, 0.717) is 12.2 Å². The standard InChI is InChI=1S/C16H15ClN2O2S/c1-19-12-8-15(17)22-14(12)7-13(19)16(20)18-9-10-4-3-5-11(6-10)21-2/h3-8H,9H2,1-2H3,(H,18,20). The van der Waals surface area contributed by atoms with Gasteiger partial charge in [-0.2, -0.15) is 0 Å². The molecule has 0 aliphatic rings. The highest BCUT2D eigenvalue weighted by molar-refractivity contribution is 7.22. The molecule has 0 spiro atoms. The first-order valence-corrected chi connectivity index (χ1v) is 7.94. The number of amides is 1. The summed E-state index contributed by atoms with van der Waals surface area (Å²) in [5.41, 5.74) is 2.59. The van der Waals surface area contributed by atoms with Crippen molar-refractivity contribution in [3.05, 3.63) is 52.0 Å². The molecule has 0 aliphatic carbocycles. The Hall–Kier alpha value is -1.98. The maximum absolute atomic E-state index is 12.4. The monoisotopic (exact) mass is 334 g/mol. The molecule has 6 heteroatoms. The largest absolute Gasteiger partial charge is 0.497 e. The van der Waals surface area contributed by atoms with E-state index in [1.807, 2.05) is 48.0 Å². The molecule has 2 aromatic heterocycles. The van der Waals surface area contributed by atoms with Crippen LogP contribution in [0.5, 0.6) is 5.75 Å². The van der Waals surface area contributed by atoms with Crippen LogP contribution in [0.15, 0.2) is 36.4 Å². The molecule has 0 fully saturated rings. The summed E-state index contributed by atoms with van der Waals surface area (Å²) in [6.45, 7) is 0.454. The van der Waals surface area contributed by atoms with Crippen LogP contribution in [0.2, 0.25) is 4.34 Å². The van der Waals surface area contributed by atoms with Gasteiger partial charge in [-0.3, -0.25) is 4.79 Å². The lowest BCUT2D eigenvalue weighted by atomic mass is 10.2. The second-order valence-electron chi connectivity index (χ2n) is 4.92. The van der Waals surface area contributed by atoms with Gasteiger partial charge in [0.2, 0.25) is 0 Å². The molecule has 0 radical (unpaired) electrons. The maximum Gasteiger partial charge on any atom is 0.268 e. The molecule has 22 heavy (non-hydrogen) atoms. The Morgan fingerprint density at radius 2 is 2.18 bits per heavy atom. The maximum atomic E-state index is 12.4. The summed E-state index contributed by atoms with van der Waals surface area (Å²) in [4.78, 5) is 12.4. The van der Waals surface area contributed by atoms with Crippen LogP contribution >= 0.6 is 22.9 Å². The highest BCUT2D eigenvalue weighted by atomic mass is 35.5. The van der Waals surface area contributed by atoms with Gasteiger partial charge in [-0.05, 0) is 29.8 Å². The highest BCUT2D eigenvalue weighted by Gasteiger charge is 2.15. The molecule has 0 saturated heterocycles. The SMILES string of the molecule is COc1cccc(CNC(=O)c2cc3sc(Cl)cc3n2C)c1. The second-order valence-corrected chi connectivity index (χ2v) is 6.64. The van der Waals surface area contributed by atoms with Crippen molar-refractivity contribution in [2.75, 3.05) is 7.11 Å². The molecule has 0 saturated carbocycles. The summed E-state index contributed by atoms with van der Waals surface area (Å²) < 4.78 is 8.78. The number of thiophene rings is 1. The molecule has 3 rings (SSSR count). The minimum atomic E-state index is -0.107. The molecule has 1 aromatic carbocycles. The van der Waals surface area contributed by atoms with Gasteiger partial charge in [0, 0.05) is 13.6 Å². The summed E-state index contributed by atoms with van der Waals surface area (Å²) in [5, 5.41) is 2.93. The van der Waals surface area contributed by atoms with Gasteiger partial charge in [0.05, 0.1) is 21.7 Å². The van der Waals surface area contributed by atoms with E-state index in [9.17, 15) is 4.79 Å². The Balaban J connectivity index is 1.75. The average molecular weight is 335 g/mol. The number of aryl methyl sites for hydroxylation is 1. The smallest absolute Gasteiger partial charge is 0.268 e. The van der Waals surface area contributed by atoms with Gasteiger partial charge in [0.25, 0.3) is 5.91 Å². The molecular formula is C16H15ClN2O2S. The predicted octanol–water partition coefficient (Wildman–Crippen LogP) is 3.83. The number of methoxy groups -OCH3 is 1. The van der Waals surface area contributed by atoms with Crippen LogP contribution in [0.3, 0.4) is 0 Å². The van der Waals surface area contributed by atoms with Gasteiger partial charge in [-0.1, -0.05) is 23.7 Å². The topological polar surface area (TPSA) is 43.3 Å². The predicted molar refractivity (Wildman–Crippen MR) is 90.0 cm³/mol. The number of halogens is 1. The zero-order valence-corrected chi connectivity index (χ0v) is 13.8. The molecule has 1 N–H and O–H groups in total. The number of aromatic nitrogens is 1. The van der Waals surface area contributed by atoms with Crippen LogP contribution in [-0.2, 0) is 13.6 Å². The quantitative estimate of drug-likeness (QED) is 0.788. The molecule has 114 valence electrons. The van der Waals surface area contributed by atoms with E-state index in [-0.39, 0.29) is 5.91 Å². The van der Waals surface area contributed by atoms with E-state index in [1.165, 1.54) is 11.3 Å². The Bertz CT molecular complexity index is 838. The van der Waals surface area contributed by atoms with Gasteiger partial charge in [-0.15, -0.1) is 11.3 Å². The van der Waals surface area contributed by atoms with Gasteiger partial charge in [0.15, 0.2) is 0 Å². The Morgan fingerprint density at radius 1 is 1.36 bits per heavy atom. The molecule has 1 amide bonds. The van der Waals surface area contributed by atoms with E-state index in [2.05, 4.69) is 5.32 Å². The number of carbonyl (C=O) groups excluding carboxylic acids is 1. The lowest BCUT2D eigenvalue weighted by Crippen LogP contribution is -2.24. The number of carbonyl (C=O) groups is 1. The number of ether oxygens (including phenoxy) is 1. The van der Waals surface area contributed by atoms with E-state index in [4.69, 9.17) is 16.3 Å². The fourth-order valence-electron chi connectivity index (χ4n) is 2.35. The lowest BCUT2D eigenvalue weighted by molar-refractivity contribution is 0.0943. The highest BCUT2D eigenvalue weighted by Crippen LogP contribution is 2.31. The number of hydrogen-bond donors (Lipinski definition) is 1. The number of benzene rings is 1. The molecule has 3 aromatic rings. The molecule has 0 bridgehead atoms. The van der Waals surface area contributed by atoms with Crippen LogP contribution < -0.4 is 10.1 Å². The van der Waals surface area contributed by atoms with Crippen molar-refractivity contribution in [1.82, 2.24) is 9.88 Å². The van der Waals surface area contributed by atoms with Crippen molar-refractivity contribution >= 4 is 39.1 Å². The summed E-state index contributed by atoms with van der Waals surface area (Å²) in [7, 11) is 3.49. The summed E-state index contributed by atoms with van der Waals surface area (Å²) in [5.74, 6) is 0.672. The number of rotatable bonds is 4. The zero-order chi connectivity index (χ0) is 15.7. The minimum Gasteiger partial charge on any atom is -0.497 e. The molecule has 0 aliphatic heterocycles. The fraction of sp³-hybridized carbons (Fsp3) is 0.188. The number of nitrogens with zero attached hydrogens (tertiary/aromatic N) is 1. The minimum absolute atomic E-state index is 0.107. The lowest BCUT2D eigenvalue weighted by Gasteiger charge is -2.08. The van der Waals surface area contributed by atoms with Crippen molar-refractivity contribution in [3.63, 3.8) is 0 Å². The van der Waals surface area contributed by atoms with Gasteiger partial charge in [0.1, 0.15) is 11.4 Å². The average Bonchev–Trinajstić information content (AvgIpc) is 3.03. The third-order valence-electron chi connectivity index (χ3n) is 3.52. The van der Waals surface area contributed by atoms with Crippen molar-refractivity contribution in [3.8, 4) is 5.75 Å². The first-order valence-electron chi connectivity index (χ1n) is 6.74. The van der Waals surface area contributed by atoms with Crippen LogP contribution in [0.4, 0.5) is 0 Å². The van der Waals surface area contributed by atoms with Crippen molar-refractivity contribution < 1.29 is 9.53 Å².